The monoisotopic (exact) mass is 145 g/mol. The van der Waals surface area contributed by atoms with Crippen LogP contribution in [0.4, 0.5) is 0 Å². The van der Waals surface area contributed by atoms with E-state index in [1.54, 1.807) is 5.01 Å². The SMILES string of the molecule is C=NCN(N)CCOCC. The molecule has 0 atom stereocenters. The van der Waals surface area contributed by atoms with Crippen molar-refractivity contribution in [3.05, 3.63) is 0 Å². The summed E-state index contributed by atoms with van der Waals surface area (Å²) in [5.74, 6) is 5.44. The number of ether oxygens (including phenoxy) is 1. The molecule has 0 aliphatic carbocycles. The third kappa shape index (κ3) is 5.68. The molecular weight excluding hydrogens is 130 g/mol. The number of hydrazine groups is 1. The highest BCUT2D eigenvalue weighted by Crippen LogP contribution is 1.79. The Hall–Kier alpha value is -0.450. The molecule has 0 unspecified atom stereocenters. The number of nitrogens with zero attached hydrogens (tertiary/aromatic N) is 2. The summed E-state index contributed by atoms with van der Waals surface area (Å²) in [6, 6.07) is 0. The van der Waals surface area contributed by atoms with Crippen LogP contribution in [0.25, 0.3) is 0 Å². The van der Waals surface area contributed by atoms with Crippen molar-refractivity contribution in [3.8, 4) is 0 Å². The average molecular weight is 145 g/mol. The Morgan fingerprint density at radius 3 is 2.90 bits per heavy atom. The van der Waals surface area contributed by atoms with Gasteiger partial charge in [-0.05, 0) is 13.6 Å². The highest BCUT2D eigenvalue weighted by molar-refractivity contribution is 5.22. The van der Waals surface area contributed by atoms with Crippen LogP contribution in [0.5, 0.6) is 0 Å². The van der Waals surface area contributed by atoms with Crippen molar-refractivity contribution >= 4 is 6.72 Å². The molecule has 0 aromatic carbocycles. The minimum atomic E-state index is 0.465. The van der Waals surface area contributed by atoms with Crippen molar-refractivity contribution in [2.75, 3.05) is 26.4 Å². The van der Waals surface area contributed by atoms with Gasteiger partial charge in [0, 0.05) is 13.2 Å². The summed E-state index contributed by atoms with van der Waals surface area (Å²) in [6.45, 7) is 7.82. The van der Waals surface area contributed by atoms with Gasteiger partial charge in [0.25, 0.3) is 0 Å². The van der Waals surface area contributed by atoms with E-state index in [4.69, 9.17) is 10.6 Å². The normalized spacial score (nSPS) is 10.3. The van der Waals surface area contributed by atoms with Crippen LogP contribution in [-0.2, 0) is 4.74 Å². The summed E-state index contributed by atoms with van der Waals surface area (Å²) >= 11 is 0. The van der Waals surface area contributed by atoms with E-state index < -0.39 is 0 Å². The van der Waals surface area contributed by atoms with Gasteiger partial charge in [-0.15, -0.1) is 0 Å². The molecule has 0 aliphatic heterocycles. The van der Waals surface area contributed by atoms with E-state index in [0.717, 1.165) is 6.61 Å². The predicted octanol–water partition coefficient (Wildman–Crippen LogP) is -0.143. The zero-order chi connectivity index (χ0) is 7.82. The summed E-state index contributed by atoms with van der Waals surface area (Å²) in [7, 11) is 0. The summed E-state index contributed by atoms with van der Waals surface area (Å²) in [5, 5.41) is 1.56. The molecule has 0 heterocycles. The molecule has 0 fully saturated rings. The topological polar surface area (TPSA) is 50.8 Å². The molecule has 4 nitrogen and oxygen atoms in total. The Labute approximate surface area is 61.6 Å². The highest BCUT2D eigenvalue weighted by Gasteiger charge is 1.93. The number of nitrogens with two attached hydrogens (primary N) is 1. The average Bonchev–Trinajstić information content (AvgIpc) is 1.89. The molecule has 0 aromatic heterocycles. The Morgan fingerprint density at radius 2 is 2.40 bits per heavy atom. The number of rotatable bonds is 6. The van der Waals surface area contributed by atoms with Crippen molar-refractivity contribution < 1.29 is 4.74 Å². The Balaban J connectivity index is 3.04. The number of aliphatic imine (C=N–C) groups is 1. The molecule has 4 heteroatoms. The van der Waals surface area contributed by atoms with Crippen LogP contribution in [0.3, 0.4) is 0 Å². The first kappa shape index (κ1) is 9.55. The van der Waals surface area contributed by atoms with Gasteiger partial charge in [0.2, 0.25) is 0 Å². The molecule has 0 amide bonds. The number of hydrogen-bond acceptors (Lipinski definition) is 4. The molecular formula is C6H15N3O. The fraction of sp³-hybridized carbons (Fsp3) is 0.833. The molecule has 0 rings (SSSR count). The minimum absolute atomic E-state index is 0.465. The molecule has 10 heavy (non-hydrogen) atoms. The van der Waals surface area contributed by atoms with Crippen LogP contribution in [0.2, 0.25) is 0 Å². The lowest BCUT2D eigenvalue weighted by molar-refractivity contribution is 0.115. The van der Waals surface area contributed by atoms with Crippen LogP contribution >= 0.6 is 0 Å². The quantitative estimate of drug-likeness (QED) is 0.245. The maximum atomic E-state index is 5.44. The second kappa shape index (κ2) is 6.67. The molecule has 2 N–H and O–H groups in total. The molecule has 0 bridgehead atoms. The Bertz CT molecular complexity index is 87.1. The van der Waals surface area contributed by atoms with Crippen LogP contribution < -0.4 is 5.84 Å². The molecule has 0 radical (unpaired) electrons. The van der Waals surface area contributed by atoms with E-state index in [1.807, 2.05) is 6.92 Å². The van der Waals surface area contributed by atoms with Gasteiger partial charge in [-0.2, -0.15) is 0 Å². The van der Waals surface area contributed by atoms with Crippen molar-refractivity contribution in [1.29, 1.82) is 0 Å². The largest absolute Gasteiger partial charge is 0.380 e. The van der Waals surface area contributed by atoms with E-state index in [1.165, 1.54) is 0 Å². The highest BCUT2D eigenvalue weighted by atomic mass is 16.5. The van der Waals surface area contributed by atoms with Crippen molar-refractivity contribution in [2.24, 2.45) is 10.8 Å². The fourth-order valence-electron chi connectivity index (χ4n) is 0.525. The van der Waals surface area contributed by atoms with Crippen LogP contribution in [-0.4, -0.2) is 38.2 Å². The first-order valence-electron chi connectivity index (χ1n) is 3.31. The smallest absolute Gasteiger partial charge is 0.103 e. The van der Waals surface area contributed by atoms with Gasteiger partial charge < -0.3 is 4.74 Å². The van der Waals surface area contributed by atoms with Crippen LogP contribution in [0, 0.1) is 0 Å². The third-order valence-electron chi connectivity index (χ3n) is 1.01. The van der Waals surface area contributed by atoms with Gasteiger partial charge in [0.15, 0.2) is 0 Å². The first-order valence-corrected chi connectivity index (χ1v) is 3.31. The second-order valence-electron chi connectivity index (χ2n) is 1.87. The first-order chi connectivity index (χ1) is 4.81. The minimum Gasteiger partial charge on any atom is -0.380 e. The van der Waals surface area contributed by atoms with Crippen molar-refractivity contribution in [2.45, 2.75) is 6.92 Å². The zero-order valence-electron chi connectivity index (χ0n) is 6.42. The van der Waals surface area contributed by atoms with E-state index in [-0.39, 0.29) is 0 Å². The molecule has 0 aliphatic rings. The summed E-state index contributed by atoms with van der Waals surface area (Å²) in [6.07, 6.45) is 0. The predicted molar refractivity (Wildman–Crippen MR) is 41.8 cm³/mol. The number of hydrogen-bond donors (Lipinski definition) is 1. The van der Waals surface area contributed by atoms with E-state index in [9.17, 15) is 0 Å². The van der Waals surface area contributed by atoms with Gasteiger partial charge >= 0.3 is 0 Å². The zero-order valence-corrected chi connectivity index (χ0v) is 6.42. The molecule has 0 spiro atoms. The van der Waals surface area contributed by atoms with Crippen molar-refractivity contribution in [3.63, 3.8) is 0 Å². The van der Waals surface area contributed by atoms with Gasteiger partial charge in [-0.3, -0.25) is 10.8 Å². The van der Waals surface area contributed by atoms with Crippen LogP contribution in [0.1, 0.15) is 6.92 Å². The van der Waals surface area contributed by atoms with E-state index in [2.05, 4.69) is 11.7 Å². The molecule has 0 saturated carbocycles. The maximum Gasteiger partial charge on any atom is 0.103 e. The Morgan fingerprint density at radius 1 is 1.70 bits per heavy atom. The van der Waals surface area contributed by atoms with Gasteiger partial charge in [-0.1, -0.05) is 0 Å². The summed E-state index contributed by atoms with van der Waals surface area (Å²) in [5.41, 5.74) is 0. The molecule has 60 valence electrons. The molecule has 0 saturated heterocycles. The Kier molecular flexibility index (Phi) is 6.37. The standard InChI is InChI=1S/C6H15N3O/c1-3-10-5-4-9(7)6-8-2/h2-7H2,1H3. The third-order valence-corrected chi connectivity index (χ3v) is 1.01. The van der Waals surface area contributed by atoms with Gasteiger partial charge in [0.1, 0.15) is 6.67 Å². The lowest BCUT2D eigenvalue weighted by atomic mass is 10.6. The van der Waals surface area contributed by atoms with Crippen molar-refractivity contribution in [1.82, 2.24) is 5.01 Å². The summed E-state index contributed by atoms with van der Waals surface area (Å²) in [4.78, 5) is 3.61. The maximum absolute atomic E-state index is 5.44. The van der Waals surface area contributed by atoms with E-state index >= 15 is 0 Å². The van der Waals surface area contributed by atoms with E-state index in [0.29, 0.717) is 19.8 Å². The summed E-state index contributed by atoms with van der Waals surface area (Å²) < 4.78 is 5.07. The fourth-order valence-corrected chi connectivity index (χ4v) is 0.525. The lowest BCUT2D eigenvalue weighted by Crippen LogP contribution is -2.34. The van der Waals surface area contributed by atoms with Gasteiger partial charge in [-0.25, -0.2) is 5.01 Å². The lowest BCUT2D eigenvalue weighted by Gasteiger charge is -2.11. The molecule has 0 aromatic rings. The second-order valence-corrected chi connectivity index (χ2v) is 1.87. The van der Waals surface area contributed by atoms with Gasteiger partial charge in [0.05, 0.1) is 6.61 Å². The van der Waals surface area contributed by atoms with Crippen LogP contribution in [0.15, 0.2) is 4.99 Å².